The standard InChI is InChI=1S/C19H17ClN2O4/c1-2-13-4-3-5-15-17(13)18(25)22(11-16(23)24)19(26)21(15)10-12-6-8-14(20)9-7-12/h3-9H,2,10-11H2,1H3,(H,23,24). The van der Waals surface area contributed by atoms with Gasteiger partial charge in [-0.1, -0.05) is 42.8 Å². The summed E-state index contributed by atoms with van der Waals surface area (Å²) in [6, 6.07) is 12.3. The Morgan fingerprint density at radius 2 is 1.77 bits per heavy atom. The Kier molecular flexibility index (Phi) is 4.95. The lowest BCUT2D eigenvalue weighted by atomic mass is 10.1. The second-order valence-corrected chi connectivity index (χ2v) is 6.38. The average Bonchev–Trinajstić information content (AvgIpc) is 2.63. The first-order valence-corrected chi connectivity index (χ1v) is 8.51. The summed E-state index contributed by atoms with van der Waals surface area (Å²) in [6.07, 6.45) is 0.596. The number of benzene rings is 2. The zero-order valence-corrected chi connectivity index (χ0v) is 14.9. The zero-order valence-electron chi connectivity index (χ0n) is 14.1. The zero-order chi connectivity index (χ0) is 18.8. The van der Waals surface area contributed by atoms with Crippen LogP contribution in [0.1, 0.15) is 18.1 Å². The molecule has 0 aliphatic carbocycles. The topological polar surface area (TPSA) is 81.3 Å². The van der Waals surface area contributed by atoms with Gasteiger partial charge in [-0.3, -0.25) is 14.2 Å². The summed E-state index contributed by atoms with van der Waals surface area (Å²) < 4.78 is 2.21. The fourth-order valence-electron chi connectivity index (χ4n) is 3.02. The molecule has 3 aromatic rings. The molecule has 0 radical (unpaired) electrons. The smallest absolute Gasteiger partial charge is 0.332 e. The van der Waals surface area contributed by atoms with E-state index in [0.29, 0.717) is 22.3 Å². The van der Waals surface area contributed by atoms with Gasteiger partial charge in [0.25, 0.3) is 5.56 Å². The molecule has 1 heterocycles. The van der Waals surface area contributed by atoms with Gasteiger partial charge in [-0.05, 0) is 35.7 Å². The Balaban J connectivity index is 2.32. The number of aliphatic carboxylic acids is 1. The number of aryl methyl sites for hydroxylation is 1. The van der Waals surface area contributed by atoms with Crippen molar-refractivity contribution in [2.75, 3.05) is 0 Å². The van der Waals surface area contributed by atoms with Crippen molar-refractivity contribution < 1.29 is 9.90 Å². The van der Waals surface area contributed by atoms with Gasteiger partial charge in [0.2, 0.25) is 0 Å². The number of rotatable bonds is 5. The Morgan fingerprint density at radius 1 is 1.08 bits per heavy atom. The highest BCUT2D eigenvalue weighted by Crippen LogP contribution is 2.17. The molecule has 0 saturated carbocycles. The van der Waals surface area contributed by atoms with Crippen molar-refractivity contribution in [2.45, 2.75) is 26.4 Å². The van der Waals surface area contributed by atoms with E-state index in [1.54, 1.807) is 36.4 Å². The van der Waals surface area contributed by atoms with E-state index >= 15 is 0 Å². The predicted octanol–water partition coefficient (Wildman–Crippen LogP) is 2.51. The fraction of sp³-hybridized carbons (Fsp3) is 0.211. The molecule has 0 fully saturated rings. The molecular formula is C19H17ClN2O4. The van der Waals surface area contributed by atoms with Crippen LogP contribution in [-0.4, -0.2) is 20.2 Å². The van der Waals surface area contributed by atoms with E-state index in [-0.39, 0.29) is 6.54 Å². The average molecular weight is 373 g/mol. The molecule has 1 N–H and O–H groups in total. The Bertz CT molecular complexity index is 1100. The van der Waals surface area contributed by atoms with Crippen LogP contribution in [0.3, 0.4) is 0 Å². The Labute approximate surface area is 153 Å². The van der Waals surface area contributed by atoms with Gasteiger partial charge >= 0.3 is 11.7 Å². The monoisotopic (exact) mass is 372 g/mol. The van der Waals surface area contributed by atoms with Crippen molar-refractivity contribution in [1.29, 1.82) is 0 Å². The molecule has 6 nitrogen and oxygen atoms in total. The maximum Gasteiger partial charge on any atom is 0.332 e. The summed E-state index contributed by atoms with van der Waals surface area (Å²) in [5.74, 6) is -1.24. The molecule has 0 spiro atoms. The van der Waals surface area contributed by atoms with Crippen LogP contribution in [0.4, 0.5) is 0 Å². The first-order chi connectivity index (χ1) is 12.4. The highest BCUT2D eigenvalue weighted by Gasteiger charge is 2.17. The minimum Gasteiger partial charge on any atom is -0.480 e. The van der Waals surface area contributed by atoms with E-state index in [0.717, 1.165) is 15.7 Å². The summed E-state index contributed by atoms with van der Waals surface area (Å²) >= 11 is 5.90. The number of carboxylic acids is 1. The van der Waals surface area contributed by atoms with Crippen molar-refractivity contribution in [1.82, 2.24) is 9.13 Å². The van der Waals surface area contributed by atoms with Crippen molar-refractivity contribution >= 4 is 28.5 Å². The number of nitrogens with zero attached hydrogens (tertiary/aromatic N) is 2. The molecule has 0 aliphatic rings. The number of hydrogen-bond donors (Lipinski definition) is 1. The largest absolute Gasteiger partial charge is 0.480 e. The number of fused-ring (bicyclic) bond motifs is 1. The van der Waals surface area contributed by atoms with Crippen LogP contribution in [0.2, 0.25) is 5.02 Å². The molecule has 1 aromatic heterocycles. The van der Waals surface area contributed by atoms with Crippen molar-refractivity contribution in [3.63, 3.8) is 0 Å². The van der Waals surface area contributed by atoms with Crippen LogP contribution >= 0.6 is 11.6 Å². The third-order valence-electron chi connectivity index (χ3n) is 4.27. The van der Waals surface area contributed by atoms with Gasteiger partial charge in [0.1, 0.15) is 6.54 Å². The third kappa shape index (κ3) is 3.28. The molecule has 0 amide bonds. The number of aromatic nitrogens is 2. The lowest BCUT2D eigenvalue weighted by molar-refractivity contribution is -0.137. The van der Waals surface area contributed by atoms with Crippen LogP contribution in [0.15, 0.2) is 52.1 Å². The van der Waals surface area contributed by atoms with Gasteiger partial charge in [0, 0.05) is 5.02 Å². The van der Waals surface area contributed by atoms with E-state index in [1.165, 1.54) is 4.57 Å². The molecule has 0 unspecified atom stereocenters. The highest BCUT2D eigenvalue weighted by atomic mass is 35.5. The number of halogens is 1. The second kappa shape index (κ2) is 7.17. The second-order valence-electron chi connectivity index (χ2n) is 5.95. The molecule has 134 valence electrons. The molecule has 0 bridgehead atoms. The molecule has 7 heteroatoms. The molecular weight excluding hydrogens is 356 g/mol. The quantitative estimate of drug-likeness (QED) is 0.746. The number of carbonyl (C=O) groups is 1. The van der Waals surface area contributed by atoms with Crippen LogP contribution in [0.5, 0.6) is 0 Å². The van der Waals surface area contributed by atoms with Crippen LogP contribution in [0, 0.1) is 0 Å². The number of hydrogen-bond acceptors (Lipinski definition) is 3. The minimum atomic E-state index is -1.24. The van der Waals surface area contributed by atoms with E-state index in [4.69, 9.17) is 16.7 Å². The van der Waals surface area contributed by atoms with Gasteiger partial charge < -0.3 is 5.11 Å². The van der Waals surface area contributed by atoms with Gasteiger partial charge in [0.05, 0.1) is 17.4 Å². The summed E-state index contributed by atoms with van der Waals surface area (Å²) in [4.78, 5) is 36.8. The van der Waals surface area contributed by atoms with Gasteiger partial charge in [-0.2, -0.15) is 0 Å². The summed E-state index contributed by atoms with van der Waals surface area (Å²) in [6.45, 7) is 1.44. The van der Waals surface area contributed by atoms with Crippen molar-refractivity contribution in [2.24, 2.45) is 0 Å². The molecule has 0 aliphatic heterocycles. The fourth-order valence-corrected chi connectivity index (χ4v) is 3.15. The van der Waals surface area contributed by atoms with E-state index in [1.807, 2.05) is 13.0 Å². The minimum absolute atomic E-state index is 0.208. The first-order valence-electron chi connectivity index (χ1n) is 8.13. The van der Waals surface area contributed by atoms with Crippen LogP contribution in [-0.2, 0) is 24.3 Å². The summed E-state index contributed by atoms with van der Waals surface area (Å²) in [5.41, 5.74) is 0.873. The summed E-state index contributed by atoms with van der Waals surface area (Å²) in [5, 5.41) is 10.1. The lowest BCUT2D eigenvalue weighted by Crippen LogP contribution is -2.42. The van der Waals surface area contributed by atoms with Crippen LogP contribution < -0.4 is 11.2 Å². The predicted molar refractivity (Wildman–Crippen MR) is 100 cm³/mol. The van der Waals surface area contributed by atoms with Crippen molar-refractivity contribution in [3.8, 4) is 0 Å². The highest BCUT2D eigenvalue weighted by molar-refractivity contribution is 6.30. The first kappa shape index (κ1) is 17.9. The molecule has 26 heavy (non-hydrogen) atoms. The lowest BCUT2D eigenvalue weighted by Gasteiger charge is -2.15. The van der Waals surface area contributed by atoms with Crippen LogP contribution in [0.25, 0.3) is 10.9 Å². The van der Waals surface area contributed by atoms with E-state index in [2.05, 4.69) is 0 Å². The Morgan fingerprint density at radius 3 is 2.38 bits per heavy atom. The normalized spacial score (nSPS) is 11.0. The molecule has 0 saturated heterocycles. The van der Waals surface area contributed by atoms with E-state index < -0.39 is 23.8 Å². The van der Waals surface area contributed by atoms with Gasteiger partial charge in [-0.15, -0.1) is 0 Å². The molecule has 3 rings (SSSR count). The SMILES string of the molecule is CCc1cccc2c1c(=O)n(CC(=O)O)c(=O)n2Cc1ccc(Cl)cc1. The van der Waals surface area contributed by atoms with Gasteiger partial charge in [-0.25, -0.2) is 9.36 Å². The third-order valence-corrected chi connectivity index (χ3v) is 4.52. The van der Waals surface area contributed by atoms with Crippen molar-refractivity contribution in [3.05, 3.63) is 79.5 Å². The number of carboxylic acid groups (broad SMARTS) is 1. The van der Waals surface area contributed by atoms with Gasteiger partial charge in [0.15, 0.2) is 0 Å². The molecule has 2 aromatic carbocycles. The Hall–Kier alpha value is -2.86. The maximum absolute atomic E-state index is 12.8. The molecule has 0 atom stereocenters. The summed E-state index contributed by atoms with van der Waals surface area (Å²) in [7, 11) is 0. The van der Waals surface area contributed by atoms with E-state index in [9.17, 15) is 14.4 Å². The maximum atomic E-state index is 12.8.